The van der Waals surface area contributed by atoms with Gasteiger partial charge in [-0.3, -0.25) is 14.5 Å². The highest BCUT2D eigenvalue weighted by atomic mass is 32.1. The molecule has 1 aromatic heterocycles. The van der Waals surface area contributed by atoms with Crippen molar-refractivity contribution in [2.24, 2.45) is 0 Å². The highest BCUT2D eigenvalue weighted by Crippen LogP contribution is 2.31. The van der Waals surface area contributed by atoms with Crippen molar-refractivity contribution in [3.05, 3.63) is 70.0 Å². The predicted molar refractivity (Wildman–Crippen MR) is 117 cm³/mol. The molecule has 0 spiro atoms. The molecule has 1 amide bonds. The summed E-state index contributed by atoms with van der Waals surface area (Å²) >= 11 is 5.36. The first-order valence-corrected chi connectivity index (χ1v) is 10.8. The van der Waals surface area contributed by atoms with Crippen molar-refractivity contribution in [3.63, 3.8) is 0 Å². The minimum Gasteiger partial charge on any atom is -0.335 e. The lowest BCUT2D eigenvalue weighted by molar-refractivity contribution is -0.137. The van der Waals surface area contributed by atoms with Gasteiger partial charge in [-0.2, -0.15) is 18.3 Å². The summed E-state index contributed by atoms with van der Waals surface area (Å²) < 4.78 is 40.7. The average Bonchev–Trinajstić information content (AvgIpc) is 3.52. The van der Waals surface area contributed by atoms with Gasteiger partial charge in [-0.1, -0.05) is 35.9 Å². The number of rotatable bonds is 7. The van der Waals surface area contributed by atoms with Crippen LogP contribution in [0.3, 0.4) is 0 Å². The maximum Gasteiger partial charge on any atom is 0.416 e. The Morgan fingerprint density at radius 1 is 1.22 bits per heavy atom. The molecule has 0 bridgehead atoms. The van der Waals surface area contributed by atoms with E-state index in [2.05, 4.69) is 10.2 Å². The SMILES string of the molecule is Cc1cccc(-c2n[nH]c(=S)n2CCC(=O)N(Cc2ccc(C(F)(F)F)cc2)C2CC2)c1. The van der Waals surface area contributed by atoms with Crippen molar-refractivity contribution in [3.8, 4) is 11.4 Å². The zero-order valence-corrected chi connectivity index (χ0v) is 18.3. The van der Waals surface area contributed by atoms with Crippen LogP contribution in [0.4, 0.5) is 13.2 Å². The Hall–Kier alpha value is -2.94. The Morgan fingerprint density at radius 3 is 2.56 bits per heavy atom. The van der Waals surface area contributed by atoms with Crippen molar-refractivity contribution >= 4 is 18.1 Å². The molecule has 1 heterocycles. The normalized spacial score (nSPS) is 13.9. The number of aromatic amines is 1. The lowest BCUT2D eigenvalue weighted by Gasteiger charge is -2.23. The summed E-state index contributed by atoms with van der Waals surface area (Å²) in [6, 6.07) is 13.0. The molecule has 0 aliphatic heterocycles. The zero-order valence-electron chi connectivity index (χ0n) is 17.5. The molecule has 1 N–H and O–H groups in total. The fourth-order valence-corrected chi connectivity index (χ4v) is 3.91. The minimum absolute atomic E-state index is 0.0503. The van der Waals surface area contributed by atoms with E-state index in [1.54, 1.807) is 4.90 Å². The Balaban J connectivity index is 1.46. The van der Waals surface area contributed by atoms with Crippen LogP contribution in [0, 0.1) is 11.7 Å². The Kier molecular flexibility index (Phi) is 6.19. The molecule has 1 saturated carbocycles. The number of alkyl halides is 3. The van der Waals surface area contributed by atoms with Crippen LogP contribution in [-0.4, -0.2) is 31.6 Å². The fraction of sp³-hybridized carbons (Fsp3) is 0.348. The van der Waals surface area contributed by atoms with Crippen LogP contribution in [0.15, 0.2) is 48.5 Å². The second-order valence-electron chi connectivity index (χ2n) is 8.07. The van der Waals surface area contributed by atoms with Gasteiger partial charge in [-0.15, -0.1) is 0 Å². The van der Waals surface area contributed by atoms with Gasteiger partial charge in [0.05, 0.1) is 5.56 Å². The number of benzene rings is 2. The van der Waals surface area contributed by atoms with E-state index in [9.17, 15) is 18.0 Å². The number of nitrogens with one attached hydrogen (secondary N) is 1. The summed E-state index contributed by atoms with van der Waals surface area (Å²) in [5, 5.41) is 7.12. The molecule has 0 radical (unpaired) electrons. The molecule has 32 heavy (non-hydrogen) atoms. The van der Waals surface area contributed by atoms with Gasteiger partial charge >= 0.3 is 6.18 Å². The van der Waals surface area contributed by atoms with Crippen molar-refractivity contribution in [2.75, 3.05) is 0 Å². The molecule has 1 aliphatic rings. The summed E-state index contributed by atoms with van der Waals surface area (Å²) in [7, 11) is 0. The summed E-state index contributed by atoms with van der Waals surface area (Å²) in [6.07, 6.45) is -2.33. The lowest BCUT2D eigenvalue weighted by Crippen LogP contribution is -2.33. The Labute approximate surface area is 188 Å². The number of H-pyrrole nitrogens is 1. The minimum atomic E-state index is -4.37. The molecule has 4 rings (SSSR count). The number of halogens is 3. The molecular formula is C23H23F3N4OS. The van der Waals surface area contributed by atoms with Gasteiger partial charge in [0.2, 0.25) is 5.91 Å². The second-order valence-corrected chi connectivity index (χ2v) is 8.46. The van der Waals surface area contributed by atoms with E-state index in [1.165, 1.54) is 12.1 Å². The molecule has 1 fully saturated rings. The van der Waals surface area contributed by atoms with Crippen LogP contribution in [0.5, 0.6) is 0 Å². The van der Waals surface area contributed by atoms with E-state index in [4.69, 9.17) is 12.2 Å². The quantitative estimate of drug-likeness (QED) is 0.473. The third-order valence-corrected chi connectivity index (χ3v) is 5.84. The highest BCUT2D eigenvalue weighted by Gasteiger charge is 2.33. The predicted octanol–water partition coefficient (Wildman–Crippen LogP) is 5.52. The number of aromatic nitrogens is 3. The van der Waals surface area contributed by atoms with E-state index in [-0.39, 0.29) is 18.4 Å². The third kappa shape index (κ3) is 5.09. The molecular weight excluding hydrogens is 437 g/mol. The van der Waals surface area contributed by atoms with Gasteiger partial charge in [-0.25, -0.2) is 0 Å². The maximum atomic E-state index is 13.0. The topological polar surface area (TPSA) is 53.9 Å². The lowest BCUT2D eigenvalue weighted by atomic mass is 10.1. The third-order valence-electron chi connectivity index (χ3n) is 5.53. The van der Waals surface area contributed by atoms with Gasteiger partial charge < -0.3 is 4.90 Å². The molecule has 168 valence electrons. The molecule has 0 atom stereocenters. The number of aryl methyl sites for hydroxylation is 1. The number of amides is 1. The average molecular weight is 461 g/mol. The van der Waals surface area contributed by atoms with Crippen molar-refractivity contribution in [1.82, 2.24) is 19.7 Å². The van der Waals surface area contributed by atoms with Crippen molar-refractivity contribution in [2.45, 2.75) is 51.5 Å². The second kappa shape index (κ2) is 8.90. The summed E-state index contributed by atoms with van der Waals surface area (Å²) in [5.41, 5.74) is 1.99. The zero-order chi connectivity index (χ0) is 22.9. The summed E-state index contributed by atoms with van der Waals surface area (Å²) in [6.45, 7) is 2.66. The smallest absolute Gasteiger partial charge is 0.335 e. The maximum absolute atomic E-state index is 13.0. The molecule has 1 aliphatic carbocycles. The molecule has 3 aromatic rings. The molecule has 0 unspecified atom stereocenters. The van der Waals surface area contributed by atoms with Crippen LogP contribution in [0.1, 0.15) is 36.0 Å². The molecule has 5 nitrogen and oxygen atoms in total. The first kappa shape index (κ1) is 22.3. The van der Waals surface area contributed by atoms with E-state index >= 15 is 0 Å². The number of hydrogen-bond donors (Lipinski definition) is 1. The first-order chi connectivity index (χ1) is 15.2. The van der Waals surface area contributed by atoms with Gasteiger partial charge in [0.25, 0.3) is 0 Å². The molecule has 0 saturated heterocycles. The Bertz CT molecular complexity index is 1160. The van der Waals surface area contributed by atoms with Crippen LogP contribution >= 0.6 is 12.2 Å². The van der Waals surface area contributed by atoms with E-state index < -0.39 is 11.7 Å². The number of hydrogen-bond acceptors (Lipinski definition) is 3. The van der Waals surface area contributed by atoms with E-state index in [1.807, 2.05) is 35.8 Å². The van der Waals surface area contributed by atoms with E-state index in [0.717, 1.165) is 36.1 Å². The Morgan fingerprint density at radius 2 is 1.94 bits per heavy atom. The van der Waals surface area contributed by atoms with Gasteiger partial charge in [0.15, 0.2) is 10.6 Å². The van der Waals surface area contributed by atoms with Crippen LogP contribution in [-0.2, 0) is 24.1 Å². The number of carbonyl (C=O) groups excluding carboxylic acids is 1. The molecule has 2 aromatic carbocycles. The van der Waals surface area contributed by atoms with Crippen LogP contribution < -0.4 is 0 Å². The standard InChI is InChI=1S/C23H23F3N4OS/c1-15-3-2-4-17(13-15)21-27-28-22(32)29(21)12-11-20(31)30(19-9-10-19)14-16-5-7-18(8-6-16)23(24,25)26/h2-8,13,19H,9-12,14H2,1H3,(H,28,32). The van der Waals surface area contributed by atoms with Gasteiger partial charge in [-0.05, 0) is 55.7 Å². The fourth-order valence-electron chi connectivity index (χ4n) is 3.68. The molecule has 9 heteroatoms. The summed E-state index contributed by atoms with van der Waals surface area (Å²) in [5.74, 6) is 0.623. The van der Waals surface area contributed by atoms with Gasteiger partial charge in [0, 0.05) is 31.1 Å². The van der Waals surface area contributed by atoms with Crippen molar-refractivity contribution in [1.29, 1.82) is 0 Å². The summed E-state index contributed by atoms with van der Waals surface area (Å²) in [4.78, 5) is 14.8. The highest BCUT2D eigenvalue weighted by molar-refractivity contribution is 7.71. The largest absolute Gasteiger partial charge is 0.416 e. The van der Waals surface area contributed by atoms with Crippen LogP contribution in [0.25, 0.3) is 11.4 Å². The monoisotopic (exact) mass is 460 g/mol. The first-order valence-electron chi connectivity index (χ1n) is 10.4. The number of nitrogens with zero attached hydrogens (tertiary/aromatic N) is 3. The van der Waals surface area contributed by atoms with E-state index in [0.29, 0.717) is 29.2 Å². The van der Waals surface area contributed by atoms with Crippen molar-refractivity contribution < 1.29 is 18.0 Å². The van der Waals surface area contributed by atoms with Crippen LogP contribution in [0.2, 0.25) is 0 Å². The number of carbonyl (C=O) groups is 1. The van der Waals surface area contributed by atoms with Gasteiger partial charge in [0.1, 0.15) is 0 Å².